The van der Waals surface area contributed by atoms with Gasteiger partial charge in [0.05, 0.1) is 6.04 Å². The number of rotatable bonds is 8. The molecule has 0 aliphatic rings. The van der Waals surface area contributed by atoms with Gasteiger partial charge in [-0.05, 0) is 30.9 Å². The average molecular weight is 276 g/mol. The maximum Gasteiger partial charge on any atom is 0.223 e. The molecule has 0 aliphatic carbocycles. The number of hydrogen-bond donors (Lipinski definition) is 2. The molecule has 2 unspecified atom stereocenters. The Labute approximate surface area is 122 Å². The van der Waals surface area contributed by atoms with Gasteiger partial charge < -0.3 is 11.1 Å². The summed E-state index contributed by atoms with van der Waals surface area (Å²) in [6.07, 6.45) is 4.15. The van der Waals surface area contributed by atoms with Crippen LogP contribution in [0.1, 0.15) is 63.6 Å². The van der Waals surface area contributed by atoms with Crippen molar-refractivity contribution in [1.29, 1.82) is 0 Å². The molecule has 20 heavy (non-hydrogen) atoms. The zero-order chi connectivity index (χ0) is 15.0. The van der Waals surface area contributed by atoms with Gasteiger partial charge in [0.2, 0.25) is 5.91 Å². The first kappa shape index (κ1) is 16.7. The maximum absolute atomic E-state index is 12.3. The standard InChI is InChI=1S/C17H28N2O/c1-4-6-7-15(5-2)17(20)19-13(3)16-10-8-14(12-18)9-11-16/h8-11,13,15H,4-7,12,18H2,1-3H3,(H,19,20). The number of carbonyl (C=O) groups excluding carboxylic acids is 1. The molecule has 0 aliphatic heterocycles. The van der Waals surface area contributed by atoms with Crippen molar-refractivity contribution in [2.45, 2.75) is 59.0 Å². The number of unbranched alkanes of at least 4 members (excludes halogenated alkanes) is 1. The van der Waals surface area contributed by atoms with E-state index >= 15 is 0 Å². The van der Waals surface area contributed by atoms with E-state index in [1.54, 1.807) is 0 Å². The lowest BCUT2D eigenvalue weighted by Crippen LogP contribution is -2.32. The summed E-state index contributed by atoms with van der Waals surface area (Å²) in [4.78, 5) is 12.3. The zero-order valence-corrected chi connectivity index (χ0v) is 13.0. The van der Waals surface area contributed by atoms with Gasteiger partial charge in [0.25, 0.3) is 0 Å². The van der Waals surface area contributed by atoms with Gasteiger partial charge in [0, 0.05) is 12.5 Å². The third kappa shape index (κ3) is 4.97. The molecular formula is C17H28N2O. The Kier molecular flexibility index (Phi) is 7.31. The lowest BCUT2D eigenvalue weighted by molar-refractivity contribution is -0.126. The van der Waals surface area contributed by atoms with Crippen LogP contribution in [-0.2, 0) is 11.3 Å². The van der Waals surface area contributed by atoms with Gasteiger partial charge in [-0.15, -0.1) is 0 Å². The average Bonchev–Trinajstić information content (AvgIpc) is 2.48. The summed E-state index contributed by atoms with van der Waals surface area (Å²) in [7, 11) is 0. The van der Waals surface area contributed by atoms with Gasteiger partial charge >= 0.3 is 0 Å². The second-order valence-electron chi connectivity index (χ2n) is 5.42. The van der Waals surface area contributed by atoms with Crippen molar-refractivity contribution in [3.63, 3.8) is 0 Å². The second-order valence-corrected chi connectivity index (χ2v) is 5.42. The summed E-state index contributed by atoms with van der Waals surface area (Å²) in [5, 5.41) is 3.12. The fraction of sp³-hybridized carbons (Fsp3) is 0.588. The van der Waals surface area contributed by atoms with Crippen LogP contribution in [0.5, 0.6) is 0 Å². The first-order valence-corrected chi connectivity index (χ1v) is 7.71. The molecular weight excluding hydrogens is 248 g/mol. The Morgan fingerprint density at radius 1 is 1.25 bits per heavy atom. The van der Waals surface area contributed by atoms with Crippen molar-refractivity contribution in [2.75, 3.05) is 0 Å². The summed E-state index contributed by atoms with van der Waals surface area (Å²) in [6, 6.07) is 8.17. The van der Waals surface area contributed by atoms with Crippen LogP contribution in [0, 0.1) is 5.92 Å². The molecule has 0 bridgehead atoms. The van der Waals surface area contributed by atoms with E-state index in [2.05, 4.69) is 19.2 Å². The molecule has 0 spiro atoms. The summed E-state index contributed by atoms with van der Waals surface area (Å²) in [5.41, 5.74) is 7.83. The largest absolute Gasteiger partial charge is 0.349 e. The van der Waals surface area contributed by atoms with Crippen LogP contribution >= 0.6 is 0 Å². The predicted molar refractivity (Wildman–Crippen MR) is 84.2 cm³/mol. The van der Waals surface area contributed by atoms with E-state index in [0.29, 0.717) is 6.54 Å². The van der Waals surface area contributed by atoms with Crippen LogP contribution in [0.15, 0.2) is 24.3 Å². The second kappa shape index (κ2) is 8.75. The number of carbonyl (C=O) groups is 1. The van der Waals surface area contributed by atoms with Crippen LogP contribution in [-0.4, -0.2) is 5.91 Å². The summed E-state index contributed by atoms with van der Waals surface area (Å²) < 4.78 is 0. The molecule has 0 heterocycles. The van der Waals surface area contributed by atoms with Crippen molar-refractivity contribution >= 4 is 5.91 Å². The van der Waals surface area contributed by atoms with Crippen molar-refractivity contribution in [3.8, 4) is 0 Å². The summed E-state index contributed by atoms with van der Waals surface area (Å²) >= 11 is 0. The Hall–Kier alpha value is -1.35. The van der Waals surface area contributed by atoms with Gasteiger partial charge in [0.15, 0.2) is 0 Å². The van der Waals surface area contributed by atoms with E-state index < -0.39 is 0 Å². The SMILES string of the molecule is CCCCC(CC)C(=O)NC(C)c1ccc(CN)cc1. The van der Waals surface area contributed by atoms with E-state index in [1.807, 2.05) is 31.2 Å². The summed E-state index contributed by atoms with van der Waals surface area (Å²) in [5.74, 6) is 0.317. The number of amides is 1. The van der Waals surface area contributed by atoms with Crippen LogP contribution in [0.3, 0.4) is 0 Å². The van der Waals surface area contributed by atoms with Crippen LogP contribution < -0.4 is 11.1 Å². The van der Waals surface area contributed by atoms with E-state index in [1.165, 1.54) is 0 Å². The minimum atomic E-state index is 0.0463. The minimum absolute atomic E-state index is 0.0463. The molecule has 3 heteroatoms. The maximum atomic E-state index is 12.3. The van der Waals surface area contributed by atoms with Crippen molar-refractivity contribution in [1.82, 2.24) is 5.32 Å². The molecule has 1 rings (SSSR count). The fourth-order valence-corrected chi connectivity index (χ4v) is 2.33. The third-order valence-corrected chi connectivity index (χ3v) is 3.84. The zero-order valence-electron chi connectivity index (χ0n) is 13.0. The Morgan fingerprint density at radius 3 is 2.40 bits per heavy atom. The quantitative estimate of drug-likeness (QED) is 0.763. The van der Waals surface area contributed by atoms with Gasteiger partial charge in [0.1, 0.15) is 0 Å². The lowest BCUT2D eigenvalue weighted by atomic mass is 9.97. The van der Waals surface area contributed by atoms with Gasteiger partial charge in [-0.1, -0.05) is 51.0 Å². The third-order valence-electron chi connectivity index (χ3n) is 3.84. The van der Waals surface area contributed by atoms with Gasteiger partial charge in [-0.2, -0.15) is 0 Å². The van der Waals surface area contributed by atoms with Crippen LogP contribution in [0.4, 0.5) is 0 Å². The van der Waals surface area contributed by atoms with Gasteiger partial charge in [-0.3, -0.25) is 4.79 Å². The Bertz CT molecular complexity index is 400. The number of benzene rings is 1. The molecule has 1 aromatic carbocycles. The highest BCUT2D eigenvalue weighted by atomic mass is 16.1. The molecule has 0 fully saturated rings. The van der Waals surface area contributed by atoms with Crippen molar-refractivity contribution < 1.29 is 4.79 Å². The minimum Gasteiger partial charge on any atom is -0.349 e. The highest BCUT2D eigenvalue weighted by molar-refractivity contribution is 5.79. The molecule has 0 saturated carbocycles. The predicted octanol–water partition coefficient (Wildman–Crippen LogP) is 3.54. The Morgan fingerprint density at radius 2 is 1.90 bits per heavy atom. The van der Waals surface area contributed by atoms with Crippen LogP contribution in [0.2, 0.25) is 0 Å². The number of nitrogens with one attached hydrogen (secondary N) is 1. The smallest absolute Gasteiger partial charge is 0.223 e. The van der Waals surface area contributed by atoms with E-state index in [0.717, 1.165) is 36.8 Å². The van der Waals surface area contributed by atoms with E-state index in [9.17, 15) is 4.79 Å². The first-order chi connectivity index (χ1) is 9.62. The molecule has 1 aromatic rings. The summed E-state index contributed by atoms with van der Waals surface area (Å²) in [6.45, 7) is 6.82. The van der Waals surface area contributed by atoms with Crippen LogP contribution in [0.25, 0.3) is 0 Å². The van der Waals surface area contributed by atoms with Crippen molar-refractivity contribution in [3.05, 3.63) is 35.4 Å². The van der Waals surface area contributed by atoms with E-state index in [-0.39, 0.29) is 17.9 Å². The van der Waals surface area contributed by atoms with E-state index in [4.69, 9.17) is 5.73 Å². The molecule has 1 amide bonds. The lowest BCUT2D eigenvalue weighted by Gasteiger charge is -2.19. The molecule has 0 radical (unpaired) electrons. The molecule has 3 N–H and O–H groups in total. The van der Waals surface area contributed by atoms with Gasteiger partial charge in [-0.25, -0.2) is 0 Å². The topological polar surface area (TPSA) is 55.1 Å². The number of nitrogens with two attached hydrogens (primary N) is 1. The first-order valence-electron chi connectivity index (χ1n) is 7.71. The molecule has 0 saturated heterocycles. The molecule has 2 atom stereocenters. The van der Waals surface area contributed by atoms with Crippen molar-refractivity contribution in [2.24, 2.45) is 11.7 Å². The fourth-order valence-electron chi connectivity index (χ4n) is 2.33. The highest BCUT2D eigenvalue weighted by Gasteiger charge is 2.18. The highest BCUT2D eigenvalue weighted by Crippen LogP contribution is 2.17. The molecule has 112 valence electrons. The normalized spacial score (nSPS) is 13.8. The Balaban J connectivity index is 2.58. The molecule has 0 aromatic heterocycles. The monoisotopic (exact) mass is 276 g/mol. The molecule has 3 nitrogen and oxygen atoms in total. The number of hydrogen-bond acceptors (Lipinski definition) is 2.